The molecule has 0 aliphatic rings. The number of nitrogens with one attached hydrogen (secondary N) is 1. The van der Waals surface area contributed by atoms with Crippen LogP contribution in [0.3, 0.4) is 0 Å². The van der Waals surface area contributed by atoms with Crippen LogP contribution in [0, 0.1) is 0 Å². The number of para-hydroxylation sites is 1. The van der Waals surface area contributed by atoms with Crippen molar-refractivity contribution < 1.29 is 4.79 Å². The molecule has 1 N–H and O–H groups in total. The van der Waals surface area contributed by atoms with Gasteiger partial charge in [-0.25, -0.2) is 0 Å². The van der Waals surface area contributed by atoms with Crippen LogP contribution in [0.2, 0.25) is 0 Å². The fraction of sp³-hybridized carbons (Fsp3) is 0.308. The molecule has 1 amide bonds. The topological polar surface area (TPSA) is 34.0 Å². The first kappa shape index (κ1) is 13.4. The largest absolute Gasteiger partial charge is 0.343 e. The van der Waals surface area contributed by atoms with Gasteiger partial charge in [0.2, 0.25) is 0 Å². The van der Waals surface area contributed by atoms with Gasteiger partial charge in [0, 0.05) is 30.1 Å². The molecule has 0 saturated carbocycles. The van der Waals surface area contributed by atoms with Gasteiger partial charge >= 0.3 is 0 Å². The number of aryl methyl sites for hydroxylation is 1. The molecule has 0 fully saturated rings. The lowest BCUT2D eigenvalue weighted by atomic mass is 10.2. The molecule has 3 nitrogen and oxygen atoms in total. The lowest BCUT2D eigenvalue weighted by Gasteiger charge is -2.05. The summed E-state index contributed by atoms with van der Waals surface area (Å²) in [5, 5.41) is 5.36. The Kier molecular flexibility index (Phi) is 4.24. The minimum absolute atomic E-state index is 0.00925. The summed E-state index contributed by atoms with van der Waals surface area (Å²) < 4.78 is 2.18. The van der Waals surface area contributed by atoms with E-state index in [4.69, 9.17) is 0 Å². The van der Waals surface area contributed by atoms with E-state index in [0.717, 1.165) is 0 Å². The number of carbonyl (C=O) groups excluding carboxylic acids is 1. The average molecular weight is 280 g/mol. The van der Waals surface area contributed by atoms with Crippen LogP contribution in [0.5, 0.6) is 0 Å². The van der Waals surface area contributed by atoms with Gasteiger partial charge in [-0.05, 0) is 18.6 Å². The average Bonchev–Trinajstić information content (AvgIpc) is 2.69. The fourth-order valence-corrected chi connectivity index (χ4v) is 3.13. The zero-order valence-electron chi connectivity index (χ0n) is 10.7. The van der Waals surface area contributed by atoms with E-state index in [1.54, 1.807) is 18.0 Å². The Balaban J connectivity index is 2.44. The molecule has 0 saturated heterocycles. The van der Waals surface area contributed by atoms with Crippen molar-refractivity contribution in [1.82, 2.24) is 9.88 Å². The van der Waals surface area contributed by atoms with E-state index in [-0.39, 0.29) is 5.24 Å². The van der Waals surface area contributed by atoms with Crippen molar-refractivity contribution in [3.05, 3.63) is 29.8 Å². The van der Waals surface area contributed by atoms with Gasteiger partial charge in [-0.2, -0.15) is 0 Å². The van der Waals surface area contributed by atoms with E-state index >= 15 is 0 Å². The smallest absolute Gasteiger partial charge is 0.279 e. The quantitative estimate of drug-likeness (QED) is 0.874. The normalized spacial score (nSPS) is 10.8. The first-order chi connectivity index (χ1) is 8.69. The zero-order valence-corrected chi connectivity index (χ0v) is 12.3. The van der Waals surface area contributed by atoms with Gasteiger partial charge in [-0.15, -0.1) is 11.8 Å². The first-order valence-electron chi connectivity index (χ1n) is 5.61. The molecule has 1 aromatic carbocycles. The highest BCUT2D eigenvalue weighted by Crippen LogP contribution is 2.31. The molecular formula is C13H16N2OS2. The second kappa shape index (κ2) is 5.71. The van der Waals surface area contributed by atoms with Crippen LogP contribution in [-0.4, -0.2) is 22.3 Å². The zero-order chi connectivity index (χ0) is 13.1. The Hall–Kier alpha value is -1.07. The molecular weight excluding hydrogens is 264 g/mol. The summed E-state index contributed by atoms with van der Waals surface area (Å²) in [5.74, 6) is 0. The van der Waals surface area contributed by atoms with Gasteiger partial charge in [-0.1, -0.05) is 30.0 Å². The molecule has 0 aliphatic heterocycles. The number of nitrogens with zero attached hydrogens (tertiary/aromatic N) is 1. The van der Waals surface area contributed by atoms with Gasteiger partial charge in [0.25, 0.3) is 5.24 Å². The summed E-state index contributed by atoms with van der Waals surface area (Å²) >= 11 is 2.92. The Morgan fingerprint density at radius 2 is 2.06 bits per heavy atom. The van der Waals surface area contributed by atoms with Crippen LogP contribution in [0.1, 0.15) is 5.56 Å². The number of aromatic nitrogens is 1. The van der Waals surface area contributed by atoms with E-state index in [2.05, 4.69) is 35.3 Å². The lowest BCUT2D eigenvalue weighted by molar-refractivity contribution is 0.260. The molecule has 2 rings (SSSR count). The maximum absolute atomic E-state index is 11.4. The minimum Gasteiger partial charge on any atom is -0.343 e. The number of benzene rings is 1. The predicted octanol–water partition coefficient (Wildman–Crippen LogP) is 3.47. The van der Waals surface area contributed by atoms with Gasteiger partial charge in [-0.3, -0.25) is 4.79 Å². The molecule has 0 radical (unpaired) electrons. The summed E-state index contributed by atoms with van der Waals surface area (Å²) in [4.78, 5) is 11.4. The third-order valence-electron chi connectivity index (χ3n) is 2.94. The van der Waals surface area contributed by atoms with Crippen molar-refractivity contribution in [1.29, 1.82) is 0 Å². The van der Waals surface area contributed by atoms with Crippen LogP contribution >= 0.6 is 23.5 Å². The van der Waals surface area contributed by atoms with Crippen LogP contribution in [0.15, 0.2) is 29.3 Å². The highest BCUT2D eigenvalue weighted by atomic mass is 32.2. The number of amides is 1. The molecule has 1 heterocycles. The van der Waals surface area contributed by atoms with Crippen molar-refractivity contribution in [2.75, 3.05) is 12.5 Å². The van der Waals surface area contributed by atoms with E-state index < -0.39 is 0 Å². The second-order valence-corrected chi connectivity index (χ2v) is 5.48. The van der Waals surface area contributed by atoms with Gasteiger partial charge in [0.1, 0.15) is 0 Å². The maximum atomic E-state index is 11.4. The molecule has 96 valence electrons. The number of hydrogen-bond donors (Lipinski definition) is 1. The molecule has 0 bridgehead atoms. The molecule has 1 aromatic heterocycles. The molecule has 0 spiro atoms. The second-order valence-electron chi connectivity index (χ2n) is 3.91. The van der Waals surface area contributed by atoms with Crippen LogP contribution in [-0.2, 0) is 13.6 Å². The van der Waals surface area contributed by atoms with Gasteiger partial charge < -0.3 is 9.88 Å². The predicted molar refractivity (Wildman–Crippen MR) is 80.5 cm³/mol. The van der Waals surface area contributed by atoms with Crippen molar-refractivity contribution >= 4 is 39.7 Å². The third-order valence-corrected chi connectivity index (χ3v) is 4.36. The van der Waals surface area contributed by atoms with E-state index in [0.29, 0.717) is 6.54 Å². The number of rotatable bonds is 3. The molecule has 0 unspecified atom stereocenters. The third kappa shape index (κ3) is 2.37. The van der Waals surface area contributed by atoms with Crippen molar-refractivity contribution in [3.8, 4) is 0 Å². The van der Waals surface area contributed by atoms with Crippen molar-refractivity contribution in [2.24, 2.45) is 7.05 Å². The number of carbonyl (C=O) groups is 1. The van der Waals surface area contributed by atoms with Gasteiger partial charge in [0.15, 0.2) is 0 Å². The van der Waals surface area contributed by atoms with Crippen LogP contribution < -0.4 is 5.32 Å². The van der Waals surface area contributed by atoms with Crippen molar-refractivity contribution in [3.63, 3.8) is 0 Å². The number of hydrogen-bond acceptors (Lipinski definition) is 3. The standard InChI is InChI=1S/C13H16N2OS2/c1-15-11-7-5-4-6-9(11)10(12(15)17-2)8-14-13(16)18-3/h4-7H,8H2,1-3H3,(H,14,16). The molecule has 0 atom stereocenters. The SMILES string of the molecule is CSC(=O)NCc1c(SC)n(C)c2ccccc12. The monoisotopic (exact) mass is 280 g/mol. The Morgan fingerprint density at radius 1 is 1.33 bits per heavy atom. The summed E-state index contributed by atoms with van der Waals surface area (Å²) in [6.45, 7) is 0.581. The van der Waals surface area contributed by atoms with Gasteiger partial charge in [0.05, 0.1) is 5.03 Å². The van der Waals surface area contributed by atoms with E-state index in [1.807, 2.05) is 12.1 Å². The molecule has 5 heteroatoms. The lowest BCUT2D eigenvalue weighted by Crippen LogP contribution is -2.17. The summed E-state index contributed by atoms with van der Waals surface area (Å²) in [7, 11) is 2.06. The molecule has 2 aromatic rings. The first-order valence-corrected chi connectivity index (χ1v) is 8.06. The molecule has 18 heavy (non-hydrogen) atoms. The van der Waals surface area contributed by atoms with Crippen LogP contribution in [0.25, 0.3) is 10.9 Å². The fourth-order valence-electron chi connectivity index (χ4n) is 2.11. The Labute approximate surface area is 115 Å². The minimum atomic E-state index is 0.00925. The highest BCUT2D eigenvalue weighted by molar-refractivity contribution is 8.12. The van der Waals surface area contributed by atoms with E-state index in [9.17, 15) is 4.79 Å². The van der Waals surface area contributed by atoms with Crippen molar-refractivity contribution in [2.45, 2.75) is 11.6 Å². The summed E-state index contributed by atoms with van der Waals surface area (Å²) in [6.07, 6.45) is 3.85. The Morgan fingerprint density at radius 3 is 2.72 bits per heavy atom. The summed E-state index contributed by atoms with van der Waals surface area (Å²) in [5.41, 5.74) is 2.40. The number of fused-ring (bicyclic) bond motifs is 1. The van der Waals surface area contributed by atoms with Crippen LogP contribution in [0.4, 0.5) is 4.79 Å². The highest BCUT2D eigenvalue weighted by Gasteiger charge is 2.14. The maximum Gasteiger partial charge on any atom is 0.279 e. The Bertz CT molecular complexity index is 578. The number of thioether (sulfide) groups is 2. The van der Waals surface area contributed by atoms with E-state index in [1.165, 1.54) is 33.3 Å². The molecule has 0 aliphatic carbocycles. The summed E-state index contributed by atoms with van der Waals surface area (Å²) in [6, 6.07) is 8.29.